The molecule has 0 atom stereocenters. The number of nitro groups is 1. The highest BCUT2D eigenvalue weighted by Gasteiger charge is 2.17. The van der Waals surface area contributed by atoms with Crippen LogP contribution in [0, 0.1) is 15.9 Å². The predicted molar refractivity (Wildman–Crippen MR) is 67.5 cm³/mol. The topological polar surface area (TPSA) is 68.1 Å². The molecule has 2 rings (SSSR count). The smallest absolute Gasteiger partial charge is 0.294 e. The monoisotopic (exact) mass is 287 g/mol. The van der Waals surface area contributed by atoms with Gasteiger partial charge in [-0.1, -0.05) is 11.6 Å². The molecule has 0 spiro atoms. The van der Waals surface area contributed by atoms with E-state index in [1.165, 1.54) is 11.3 Å². The van der Waals surface area contributed by atoms with E-state index in [0.29, 0.717) is 6.54 Å². The maximum absolute atomic E-state index is 13.3. The Morgan fingerprint density at radius 3 is 2.94 bits per heavy atom. The molecule has 1 heterocycles. The van der Waals surface area contributed by atoms with Crippen molar-refractivity contribution in [2.45, 2.75) is 6.54 Å². The Hall–Kier alpha value is -1.73. The first-order valence-electron chi connectivity index (χ1n) is 4.82. The van der Waals surface area contributed by atoms with Gasteiger partial charge in [0.1, 0.15) is 11.5 Å². The lowest BCUT2D eigenvalue weighted by atomic mass is 10.2. The number of aromatic nitrogens is 1. The molecule has 0 aliphatic rings. The molecule has 0 aliphatic heterocycles. The summed E-state index contributed by atoms with van der Waals surface area (Å²) in [6.45, 7) is 0.340. The number of benzene rings is 1. The number of hydrogen-bond donors (Lipinski definition) is 1. The van der Waals surface area contributed by atoms with Crippen molar-refractivity contribution in [3.8, 4) is 0 Å². The summed E-state index contributed by atoms with van der Waals surface area (Å²) >= 11 is 6.91. The maximum Gasteiger partial charge on any atom is 0.294 e. The summed E-state index contributed by atoms with van der Waals surface area (Å²) < 4.78 is 13.3. The third-order valence-corrected chi connectivity index (χ3v) is 3.24. The van der Waals surface area contributed by atoms with E-state index in [1.807, 2.05) is 0 Å². The molecule has 94 valence electrons. The molecule has 0 bridgehead atoms. The lowest BCUT2D eigenvalue weighted by Crippen LogP contribution is -2.02. The molecule has 18 heavy (non-hydrogen) atoms. The van der Waals surface area contributed by atoms with Gasteiger partial charge in [-0.15, -0.1) is 11.3 Å². The van der Waals surface area contributed by atoms with Crippen LogP contribution in [0.5, 0.6) is 0 Å². The van der Waals surface area contributed by atoms with Crippen molar-refractivity contribution in [3.05, 3.63) is 49.7 Å². The number of rotatable bonds is 4. The van der Waals surface area contributed by atoms with Gasteiger partial charge in [0.2, 0.25) is 0 Å². The summed E-state index contributed by atoms with van der Waals surface area (Å²) in [6, 6.07) is 2.01. The Morgan fingerprint density at radius 2 is 2.33 bits per heavy atom. The zero-order valence-electron chi connectivity index (χ0n) is 8.89. The van der Waals surface area contributed by atoms with Crippen LogP contribution < -0.4 is 5.32 Å². The first-order chi connectivity index (χ1) is 8.58. The van der Waals surface area contributed by atoms with E-state index in [9.17, 15) is 14.5 Å². The minimum absolute atomic E-state index is 0.0929. The molecule has 0 saturated carbocycles. The average molecular weight is 288 g/mol. The Labute approximate surface area is 110 Å². The first-order valence-corrected chi connectivity index (χ1v) is 6.08. The van der Waals surface area contributed by atoms with Crippen molar-refractivity contribution in [1.29, 1.82) is 0 Å². The molecule has 0 aliphatic carbocycles. The molecule has 5 nitrogen and oxygen atoms in total. The van der Waals surface area contributed by atoms with Gasteiger partial charge in [-0.3, -0.25) is 15.1 Å². The molecule has 0 amide bonds. The zero-order chi connectivity index (χ0) is 13.1. The van der Waals surface area contributed by atoms with Crippen molar-refractivity contribution in [3.63, 3.8) is 0 Å². The van der Waals surface area contributed by atoms with Crippen LogP contribution in [0.3, 0.4) is 0 Å². The van der Waals surface area contributed by atoms with Crippen LogP contribution >= 0.6 is 22.9 Å². The van der Waals surface area contributed by atoms with E-state index < -0.39 is 10.7 Å². The molecule has 8 heteroatoms. The number of hydrogen-bond acceptors (Lipinski definition) is 5. The number of anilines is 1. The van der Waals surface area contributed by atoms with Gasteiger partial charge in [-0.25, -0.2) is 4.39 Å². The fraction of sp³-hybridized carbons (Fsp3) is 0.100. The van der Waals surface area contributed by atoms with Crippen molar-refractivity contribution in [2.24, 2.45) is 0 Å². The van der Waals surface area contributed by atoms with E-state index in [-0.39, 0.29) is 16.4 Å². The van der Waals surface area contributed by atoms with Crippen LogP contribution in [0.15, 0.2) is 23.8 Å². The molecule has 0 saturated heterocycles. The second-order valence-corrected chi connectivity index (χ2v) is 4.74. The van der Waals surface area contributed by atoms with Crippen LogP contribution in [0.2, 0.25) is 5.02 Å². The highest BCUT2D eigenvalue weighted by atomic mass is 35.5. The van der Waals surface area contributed by atoms with Crippen molar-refractivity contribution >= 4 is 34.3 Å². The highest BCUT2D eigenvalue weighted by molar-refractivity contribution is 7.09. The quantitative estimate of drug-likeness (QED) is 0.691. The van der Waals surface area contributed by atoms with Crippen LogP contribution in [0.25, 0.3) is 0 Å². The SMILES string of the molecule is O=[N+]([O-])c1cc(Cl)c(F)cc1NCc1cncs1. The summed E-state index contributed by atoms with van der Waals surface area (Å²) in [4.78, 5) is 15.0. The lowest BCUT2D eigenvalue weighted by Gasteiger charge is -2.06. The van der Waals surface area contributed by atoms with E-state index in [1.54, 1.807) is 11.7 Å². The standard InChI is InChI=1S/C10H7ClFN3O2S/c11-7-1-10(15(16)17)9(2-8(7)12)14-4-6-3-13-5-18-6/h1-3,5,14H,4H2. The van der Waals surface area contributed by atoms with Gasteiger partial charge in [0.05, 0.1) is 22.0 Å². The summed E-state index contributed by atoms with van der Waals surface area (Å²) in [7, 11) is 0. The third kappa shape index (κ3) is 2.74. The van der Waals surface area contributed by atoms with E-state index >= 15 is 0 Å². The minimum Gasteiger partial charge on any atom is -0.374 e. The Morgan fingerprint density at radius 1 is 1.56 bits per heavy atom. The minimum atomic E-state index is -0.700. The zero-order valence-corrected chi connectivity index (χ0v) is 10.5. The van der Waals surface area contributed by atoms with Gasteiger partial charge in [0.15, 0.2) is 0 Å². The molecule has 1 aromatic carbocycles. The number of halogens is 2. The second kappa shape index (κ2) is 5.28. The molecule has 1 aromatic heterocycles. The van der Waals surface area contributed by atoms with Crippen LogP contribution in [-0.2, 0) is 6.54 Å². The number of nitrogens with one attached hydrogen (secondary N) is 1. The van der Waals surface area contributed by atoms with Crippen molar-refractivity contribution in [2.75, 3.05) is 5.32 Å². The lowest BCUT2D eigenvalue weighted by molar-refractivity contribution is -0.384. The number of thiazole rings is 1. The Kier molecular flexibility index (Phi) is 3.73. The predicted octanol–water partition coefficient (Wildman–Crippen LogP) is 3.46. The second-order valence-electron chi connectivity index (χ2n) is 3.36. The van der Waals surface area contributed by atoms with Crippen LogP contribution in [-0.4, -0.2) is 9.91 Å². The summed E-state index contributed by atoms with van der Waals surface area (Å²) in [6.07, 6.45) is 1.63. The van der Waals surface area contributed by atoms with Crippen molar-refractivity contribution < 1.29 is 9.31 Å². The number of nitro benzene ring substituents is 1. The average Bonchev–Trinajstić information content (AvgIpc) is 2.83. The fourth-order valence-electron chi connectivity index (χ4n) is 1.34. The Bertz CT molecular complexity index is 577. The van der Waals surface area contributed by atoms with Gasteiger partial charge in [0.25, 0.3) is 5.69 Å². The van der Waals surface area contributed by atoms with Gasteiger partial charge >= 0.3 is 0 Å². The fourth-order valence-corrected chi connectivity index (χ4v) is 2.03. The van der Waals surface area contributed by atoms with Gasteiger partial charge in [-0.2, -0.15) is 0 Å². The molecular formula is C10H7ClFN3O2S. The van der Waals surface area contributed by atoms with Gasteiger partial charge in [-0.05, 0) is 0 Å². The van der Waals surface area contributed by atoms with Crippen LogP contribution in [0.1, 0.15) is 4.88 Å². The van der Waals surface area contributed by atoms with E-state index in [2.05, 4.69) is 10.3 Å². The normalized spacial score (nSPS) is 10.3. The molecular weight excluding hydrogens is 281 g/mol. The Balaban J connectivity index is 2.25. The molecule has 2 aromatic rings. The van der Waals surface area contributed by atoms with E-state index in [0.717, 1.165) is 17.0 Å². The molecule has 0 unspecified atom stereocenters. The van der Waals surface area contributed by atoms with Gasteiger partial charge < -0.3 is 5.32 Å². The molecule has 0 fully saturated rings. The summed E-state index contributed by atoms with van der Waals surface area (Å²) in [5, 5.41) is 13.3. The largest absolute Gasteiger partial charge is 0.374 e. The maximum atomic E-state index is 13.3. The highest BCUT2D eigenvalue weighted by Crippen LogP contribution is 2.30. The van der Waals surface area contributed by atoms with Gasteiger partial charge in [0, 0.05) is 23.2 Å². The third-order valence-electron chi connectivity index (χ3n) is 2.17. The first kappa shape index (κ1) is 12.7. The summed E-state index contributed by atoms with van der Waals surface area (Å²) in [5.41, 5.74) is 1.48. The van der Waals surface area contributed by atoms with Crippen molar-refractivity contribution in [1.82, 2.24) is 4.98 Å². The van der Waals surface area contributed by atoms with Crippen LogP contribution in [0.4, 0.5) is 15.8 Å². The number of nitrogens with zero attached hydrogens (tertiary/aromatic N) is 2. The molecule has 0 radical (unpaired) electrons. The summed E-state index contributed by atoms with van der Waals surface area (Å²) in [5.74, 6) is -0.700. The van der Waals surface area contributed by atoms with E-state index in [4.69, 9.17) is 11.6 Å². The molecule has 1 N–H and O–H groups in total.